The molecule has 0 heterocycles. The fourth-order valence-electron chi connectivity index (χ4n) is 3.49. The summed E-state index contributed by atoms with van der Waals surface area (Å²) in [5.74, 6) is -1.01. The molecular weight excluding hydrogens is 455 g/mol. The summed E-state index contributed by atoms with van der Waals surface area (Å²) in [6.07, 6.45) is 1.08. The first-order chi connectivity index (χ1) is 16.0. The summed E-state index contributed by atoms with van der Waals surface area (Å²) in [6, 6.07) is 18.7. The van der Waals surface area contributed by atoms with Crippen LogP contribution in [0, 0.1) is 5.82 Å². The fourth-order valence-corrected chi connectivity index (χ4v) is 4.12. The van der Waals surface area contributed by atoms with Gasteiger partial charge in [0.1, 0.15) is 5.82 Å². The predicted molar refractivity (Wildman–Crippen MR) is 130 cm³/mol. The quantitative estimate of drug-likeness (QED) is 0.463. The molecule has 0 aliphatic carbocycles. The Morgan fingerprint density at radius 3 is 2.15 bits per heavy atom. The van der Waals surface area contributed by atoms with Crippen LogP contribution in [0.3, 0.4) is 0 Å². The van der Waals surface area contributed by atoms with Crippen molar-refractivity contribution >= 4 is 27.2 Å². The van der Waals surface area contributed by atoms with Gasteiger partial charge in [-0.3, -0.25) is 9.59 Å². The summed E-state index contributed by atoms with van der Waals surface area (Å²) in [5.41, 5.74) is 2.81. The number of anilines is 1. The van der Waals surface area contributed by atoms with E-state index in [4.69, 9.17) is 0 Å². The number of nitrogens with zero attached hydrogens (tertiary/aromatic N) is 1. The van der Waals surface area contributed by atoms with Gasteiger partial charge in [0.25, 0.3) is 0 Å². The van der Waals surface area contributed by atoms with Crippen LogP contribution < -0.4 is 10.2 Å². The van der Waals surface area contributed by atoms with Gasteiger partial charge < -0.3 is 10.2 Å². The number of amides is 1. The van der Waals surface area contributed by atoms with Crippen molar-refractivity contribution in [3.05, 3.63) is 95.3 Å². The molecule has 0 saturated carbocycles. The van der Waals surface area contributed by atoms with E-state index in [1.165, 1.54) is 36.4 Å². The van der Waals surface area contributed by atoms with Crippen molar-refractivity contribution in [2.45, 2.75) is 23.8 Å². The van der Waals surface area contributed by atoms with Crippen LogP contribution in [0.2, 0.25) is 0 Å². The molecule has 0 fully saturated rings. The van der Waals surface area contributed by atoms with E-state index in [1.807, 2.05) is 43.3 Å². The number of benzene rings is 3. The molecule has 0 aliphatic heterocycles. The minimum atomic E-state index is -3.35. The molecule has 34 heavy (non-hydrogen) atoms. The molecule has 8 heteroatoms. The summed E-state index contributed by atoms with van der Waals surface area (Å²) in [5, 5.41) is 2.97. The number of halogens is 1. The lowest BCUT2D eigenvalue weighted by Crippen LogP contribution is -2.29. The molecule has 3 rings (SSSR count). The Hall–Kier alpha value is -3.52. The highest BCUT2D eigenvalue weighted by Crippen LogP contribution is 2.27. The van der Waals surface area contributed by atoms with Gasteiger partial charge in [-0.25, -0.2) is 12.8 Å². The highest BCUT2D eigenvalue weighted by atomic mass is 32.2. The zero-order valence-corrected chi connectivity index (χ0v) is 20.1. The third-order valence-electron chi connectivity index (χ3n) is 5.41. The van der Waals surface area contributed by atoms with E-state index in [0.29, 0.717) is 11.1 Å². The number of nitrogens with one attached hydrogen (secondary N) is 1. The molecule has 1 amide bonds. The number of hydrogen-bond acceptors (Lipinski definition) is 5. The van der Waals surface area contributed by atoms with Crippen molar-refractivity contribution in [2.24, 2.45) is 0 Å². The van der Waals surface area contributed by atoms with Crippen molar-refractivity contribution in [3.63, 3.8) is 0 Å². The van der Waals surface area contributed by atoms with Gasteiger partial charge in [0.2, 0.25) is 5.91 Å². The average Bonchev–Trinajstić information content (AvgIpc) is 2.81. The van der Waals surface area contributed by atoms with Crippen molar-refractivity contribution < 1.29 is 22.4 Å². The summed E-state index contributed by atoms with van der Waals surface area (Å²) in [4.78, 5) is 27.3. The van der Waals surface area contributed by atoms with Crippen molar-refractivity contribution in [3.8, 4) is 0 Å². The number of hydrogen-bond donors (Lipinski definition) is 1. The van der Waals surface area contributed by atoms with Gasteiger partial charge in [0.05, 0.1) is 10.9 Å². The second-order valence-corrected chi connectivity index (χ2v) is 10.3. The lowest BCUT2D eigenvalue weighted by atomic mass is 9.97. The van der Waals surface area contributed by atoms with Crippen LogP contribution in [-0.2, 0) is 14.6 Å². The molecule has 1 N–H and O–H groups in total. The maximum Gasteiger partial charge on any atom is 0.221 e. The van der Waals surface area contributed by atoms with Crippen LogP contribution in [0.4, 0.5) is 10.1 Å². The number of Topliss-reactive ketones (excluding diaryl/α,β-unsaturated/α-hetero) is 1. The highest BCUT2D eigenvalue weighted by Gasteiger charge is 2.19. The number of ketones is 1. The van der Waals surface area contributed by atoms with Crippen LogP contribution in [0.1, 0.15) is 40.4 Å². The van der Waals surface area contributed by atoms with E-state index >= 15 is 0 Å². The fraction of sp³-hybridized carbons (Fsp3) is 0.231. The van der Waals surface area contributed by atoms with Crippen LogP contribution in [-0.4, -0.2) is 40.5 Å². The summed E-state index contributed by atoms with van der Waals surface area (Å²) >= 11 is 0. The maximum absolute atomic E-state index is 13.1. The predicted octanol–water partition coefficient (Wildman–Crippen LogP) is 4.16. The van der Waals surface area contributed by atoms with Gasteiger partial charge in [-0.2, -0.15) is 0 Å². The second-order valence-electron chi connectivity index (χ2n) is 8.26. The van der Waals surface area contributed by atoms with E-state index in [9.17, 15) is 22.4 Å². The molecular formula is C26H27FN2O4S. The van der Waals surface area contributed by atoms with Gasteiger partial charge in [-0.1, -0.05) is 24.3 Å². The second kappa shape index (κ2) is 10.6. The van der Waals surface area contributed by atoms with Gasteiger partial charge in [0, 0.05) is 44.4 Å². The molecule has 0 aromatic heterocycles. The molecule has 0 saturated heterocycles. The Balaban J connectivity index is 1.82. The summed E-state index contributed by atoms with van der Waals surface area (Å²) in [7, 11) is 0.470. The first-order valence-corrected chi connectivity index (χ1v) is 12.6. The first-order valence-electron chi connectivity index (χ1n) is 10.7. The highest BCUT2D eigenvalue weighted by molar-refractivity contribution is 7.90. The largest absolute Gasteiger partial charge is 0.378 e. The number of carbonyl (C=O) groups is 2. The first kappa shape index (κ1) is 25.1. The Kier molecular flexibility index (Phi) is 7.83. The lowest BCUT2D eigenvalue weighted by Gasteiger charge is -2.22. The van der Waals surface area contributed by atoms with E-state index < -0.39 is 21.7 Å². The van der Waals surface area contributed by atoms with Gasteiger partial charge in [-0.15, -0.1) is 0 Å². The van der Waals surface area contributed by atoms with E-state index in [2.05, 4.69) is 5.32 Å². The summed E-state index contributed by atoms with van der Waals surface area (Å²) < 4.78 is 36.8. The minimum Gasteiger partial charge on any atom is -0.378 e. The van der Waals surface area contributed by atoms with Gasteiger partial charge >= 0.3 is 0 Å². The Morgan fingerprint density at radius 2 is 1.56 bits per heavy atom. The molecule has 1 atom stereocenters. The van der Waals surface area contributed by atoms with Crippen LogP contribution in [0.25, 0.3) is 0 Å². The van der Waals surface area contributed by atoms with Crippen molar-refractivity contribution in [2.75, 3.05) is 25.3 Å². The molecule has 6 nitrogen and oxygen atoms in total. The molecule has 178 valence electrons. The third-order valence-corrected chi connectivity index (χ3v) is 6.54. The van der Waals surface area contributed by atoms with Crippen LogP contribution in [0.5, 0.6) is 0 Å². The monoisotopic (exact) mass is 482 g/mol. The van der Waals surface area contributed by atoms with Crippen molar-refractivity contribution in [1.82, 2.24) is 5.32 Å². The molecule has 0 aliphatic rings. The molecule has 0 radical (unpaired) electrons. The zero-order chi connectivity index (χ0) is 24.9. The van der Waals surface area contributed by atoms with Crippen molar-refractivity contribution in [1.29, 1.82) is 0 Å². The van der Waals surface area contributed by atoms with E-state index in [-0.39, 0.29) is 29.4 Å². The lowest BCUT2D eigenvalue weighted by molar-refractivity contribution is -0.121. The average molecular weight is 483 g/mol. The number of sulfone groups is 1. The molecule has 3 aromatic rings. The van der Waals surface area contributed by atoms with E-state index in [0.717, 1.165) is 17.5 Å². The number of rotatable bonds is 9. The SMILES string of the molecule is CN(C)c1cccc(C(NC(=O)CCC(=O)c2ccc(F)cc2)c2ccc(S(C)(=O)=O)cc2)c1. The normalized spacial score (nSPS) is 12.1. The van der Waals surface area contributed by atoms with E-state index in [1.54, 1.807) is 12.1 Å². The molecule has 3 aromatic carbocycles. The van der Waals surface area contributed by atoms with Gasteiger partial charge in [0.15, 0.2) is 15.6 Å². The topological polar surface area (TPSA) is 83.6 Å². The smallest absolute Gasteiger partial charge is 0.221 e. The molecule has 1 unspecified atom stereocenters. The van der Waals surface area contributed by atoms with Gasteiger partial charge in [-0.05, 0) is 59.7 Å². The Labute approximate surface area is 199 Å². The standard InChI is InChI=1S/C26H27FN2O4S/c1-29(2)22-6-4-5-20(17-22)26(19-9-13-23(14-10-19)34(3,32)33)28-25(31)16-15-24(30)18-7-11-21(27)12-8-18/h4-14,17,26H,15-16H2,1-3H3,(H,28,31). The molecule has 0 spiro atoms. The Morgan fingerprint density at radius 1 is 0.912 bits per heavy atom. The zero-order valence-electron chi connectivity index (χ0n) is 19.3. The maximum atomic E-state index is 13.1. The third kappa shape index (κ3) is 6.51. The summed E-state index contributed by atoms with van der Waals surface area (Å²) in [6.45, 7) is 0. The minimum absolute atomic E-state index is 0.0189. The number of carbonyl (C=O) groups excluding carboxylic acids is 2. The van der Waals surface area contributed by atoms with Crippen LogP contribution in [0.15, 0.2) is 77.7 Å². The Bertz CT molecular complexity index is 1270. The molecule has 0 bridgehead atoms. The van der Waals surface area contributed by atoms with Crippen LogP contribution >= 0.6 is 0 Å².